The van der Waals surface area contributed by atoms with Crippen LogP contribution in [0.3, 0.4) is 0 Å². The normalized spacial score (nSPS) is 17.1. The number of anilines is 2. The maximum atomic E-state index is 5.71. The van der Waals surface area contributed by atoms with Gasteiger partial charge in [0.25, 0.3) is 0 Å². The lowest BCUT2D eigenvalue weighted by Crippen LogP contribution is -2.36. The predicted octanol–water partition coefficient (Wildman–Crippen LogP) is 0.549. The molecule has 1 aromatic heterocycles. The van der Waals surface area contributed by atoms with Gasteiger partial charge in [-0.25, -0.2) is 9.97 Å². The van der Waals surface area contributed by atoms with Crippen molar-refractivity contribution in [3.05, 3.63) is 11.3 Å². The lowest BCUT2D eigenvalue weighted by Gasteiger charge is -2.27. The first kappa shape index (κ1) is 9.48. The molecule has 14 heavy (non-hydrogen) atoms. The zero-order valence-corrected chi connectivity index (χ0v) is 8.37. The molecule has 0 spiro atoms. The Morgan fingerprint density at radius 1 is 1.36 bits per heavy atom. The second-order valence-corrected chi connectivity index (χ2v) is 3.36. The van der Waals surface area contributed by atoms with E-state index >= 15 is 0 Å². The van der Waals surface area contributed by atoms with E-state index in [0.717, 1.165) is 18.9 Å². The Balaban J connectivity index is 2.21. The minimum atomic E-state index is 0.187. The molecule has 0 amide bonds. The van der Waals surface area contributed by atoms with Crippen molar-refractivity contribution in [2.75, 3.05) is 36.9 Å². The molecule has 0 aromatic carbocycles. The molecule has 1 fully saturated rings. The highest BCUT2D eigenvalue weighted by Crippen LogP contribution is 2.17. The molecule has 0 unspecified atom stereocenters. The summed E-state index contributed by atoms with van der Waals surface area (Å²) in [5.74, 6) is 1.16. The molecule has 0 aliphatic carbocycles. The fourth-order valence-electron chi connectivity index (χ4n) is 1.38. The van der Waals surface area contributed by atoms with Gasteiger partial charge in [-0.15, -0.1) is 0 Å². The number of ether oxygens (including phenoxy) is 1. The van der Waals surface area contributed by atoms with Crippen LogP contribution in [0.25, 0.3) is 0 Å². The van der Waals surface area contributed by atoms with Crippen LogP contribution < -0.4 is 10.6 Å². The van der Waals surface area contributed by atoms with E-state index in [9.17, 15) is 0 Å². The lowest BCUT2D eigenvalue weighted by atomic mass is 10.4. The molecule has 2 rings (SSSR count). The van der Waals surface area contributed by atoms with Gasteiger partial charge in [-0.2, -0.15) is 0 Å². The predicted molar refractivity (Wildman–Crippen MR) is 54.5 cm³/mol. The van der Waals surface area contributed by atoms with Crippen LogP contribution in [-0.2, 0) is 4.74 Å². The van der Waals surface area contributed by atoms with Crippen molar-refractivity contribution in [3.63, 3.8) is 0 Å². The molecule has 76 valence electrons. The van der Waals surface area contributed by atoms with Gasteiger partial charge < -0.3 is 15.4 Å². The first-order chi connectivity index (χ1) is 6.75. The van der Waals surface area contributed by atoms with Gasteiger partial charge in [-0.3, -0.25) is 0 Å². The van der Waals surface area contributed by atoms with Crippen molar-refractivity contribution in [1.82, 2.24) is 9.97 Å². The summed E-state index contributed by atoms with van der Waals surface area (Å²) < 4.78 is 5.23. The number of aromatic nitrogens is 2. The SMILES string of the molecule is Nc1cc(N2CCOCC2)nc(Cl)n1. The van der Waals surface area contributed by atoms with Crippen molar-refractivity contribution in [2.45, 2.75) is 0 Å². The Morgan fingerprint density at radius 3 is 2.71 bits per heavy atom. The van der Waals surface area contributed by atoms with Crippen LogP contribution in [0.15, 0.2) is 6.07 Å². The minimum Gasteiger partial charge on any atom is -0.383 e. The minimum absolute atomic E-state index is 0.187. The molecule has 2 N–H and O–H groups in total. The molecule has 1 saturated heterocycles. The molecule has 1 aromatic rings. The van der Waals surface area contributed by atoms with Gasteiger partial charge in [0.15, 0.2) is 0 Å². The van der Waals surface area contributed by atoms with Gasteiger partial charge in [0, 0.05) is 19.2 Å². The number of nitrogens with zero attached hydrogens (tertiary/aromatic N) is 3. The number of halogens is 1. The third-order valence-electron chi connectivity index (χ3n) is 2.04. The summed E-state index contributed by atoms with van der Waals surface area (Å²) in [7, 11) is 0. The van der Waals surface area contributed by atoms with Crippen LogP contribution >= 0.6 is 11.6 Å². The molecule has 0 bridgehead atoms. The van der Waals surface area contributed by atoms with E-state index < -0.39 is 0 Å². The molecule has 1 aliphatic heterocycles. The standard InChI is InChI=1S/C8H11ClN4O/c9-8-11-6(10)5-7(12-8)13-1-3-14-4-2-13/h5H,1-4H2,(H2,10,11,12). The maximum Gasteiger partial charge on any atom is 0.226 e. The highest BCUT2D eigenvalue weighted by atomic mass is 35.5. The summed E-state index contributed by atoms with van der Waals surface area (Å²) >= 11 is 5.71. The van der Waals surface area contributed by atoms with Crippen LogP contribution in [0.1, 0.15) is 0 Å². The zero-order valence-electron chi connectivity index (χ0n) is 7.61. The first-order valence-corrected chi connectivity index (χ1v) is 4.76. The van der Waals surface area contributed by atoms with Gasteiger partial charge in [-0.05, 0) is 11.6 Å². The van der Waals surface area contributed by atoms with E-state index in [1.807, 2.05) is 0 Å². The van der Waals surface area contributed by atoms with Gasteiger partial charge in [0.05, 0.1) is 13.2 Å². The molecule has 6 heteroatoms. The van der Waals surface area contributed by atoms with Crippen LogP contribution in [0.5, 0.6) is 0 Å². The number of nitrogens with two attached hydrogens (primary N) is 1. The quantitative estimate of drug-likeness (QED) is 0.692. The summed E-state index contributed by atoms with van der Waals surface area (Å²) in [4.78, 5) is 9.98. The summed E-state index contributed by atoms with van der Waals surface area (Å²) in [6.07, 6.45) is 0. The molecule has 2 heterocycles. The topological polar surface area (TPSA) is 64.3 Å². The summed E-state index contributed by atoms with van der Waals surface area (Å²) in [5, 5.41) is 0.187. The third-order valence-corrected chi connectivity index (χ3v) is 2.21. The average molecular weight is 215 g/mol. The van der Waals surface area contributed by atoms with Crippen LogP contribution in [0, 0.1) is 0 Å². The Kier molecular flexibility index (Phi) is 2.69. The highest BCUT2D eigenvalue weighted by Gasteiger charge is 2.13. The molecular weight excluding hydrogens is 204 g/mol. The fraction of sp³-hybridized carbons (Fsp3) is 0.500. The summed E-state index contributed by atoms with van der Waals surface area (Å²) in [6, 6.07) is 1.72. The Hall–Kier alpha value is -1.07. The van der Waals surface area contributed by atoms with E-state index in [-0.39, 0.29) is 5.28 Å². The monoisotopic (exact) mass is 214 g/mol. The Morgan fingerprint density at radius 2 is 2.07 bits per heavy atom. The Bertz CT molecular complexity index is 307. The van der Waals surface area contributed by atoms with Gasteiger partial charge in [-0.1, -0.05) is 0 Å². The van der Waals surface area contributed by atoms with E-state index in [2.05, 4.69) is 14.9 Å². The van der Waals surface area contributed by atoms with E-state index in [1.54, 1.807) is 6.07 Å². The third kappa shape index (κ3) is 2.05. The number of hydrogen-bond donors (Lipinski definition) is 1. The van der Waals surface area contributed by atoms with Gasteiger partial charge >= 0.3 is 0 Å². The van der Waals surface area contributed by atoms with Crippen molar-refractivity contribution < 1.29 is 4.74 Å². The van der Waals surface area contributed by atoms with Crippen molar-refractivity contribution in [2.24, 2.45) is 0 Å². The fourth-order valence-corrected chi connectivity index (χ4v) is 1.56. The van der Waals surface area contributed by atoms with Gasteiger partial charge in [0.2, 0.25) is 5.28 Å². The van der Waals surface area contributed by atoms with E-state index in [4.69, 9.17) is 22.1 Å². The van der Waals surface area contributed by atoms with Crippen molar-refractivity contribution in [1.29, 1.82) is 0 Å². The van der Waals surface area contributed by atoms with E-state index in [1.165, 1.54) is 0 Å². The van der Waals surface area contributed by atoms with Crippen molar-refractivity contribution >= 4 is 23.2 Å². The summed E-state index contributed by atoms with van der Waals surface area (Å²) in [5.41, 5.74) is 5.57. The Labute approximate surface area is 86.8 Å². The van der Waals surface area contributed by atoms with Crippen LogP contribution in [0.4, 0.5) is 11.6 Å². The van der Waals surface area contributed by atoms with E-state index in [0.29, 0.717) is 19.0 Å². The number of nitrogen functional groups attached to an aromatic ring is 1. The summed E-state index contributed by atoms with van der Waals surface area (Å²) in [6.45, 7) is 3.04. The number of morpholine rings is 1. The smallest absolute Gasteiger partial charge is 0.226 e. The zero-order chi connectivity index (χ0) is 9.97. The molecule has 0 saturated carbocycles. The molecule has 0 atom stereocenters. The number of rotatable bonds is 1. The van der Waals surface area contributed by atoms with Crippen LogP contribution in [-0.4, -0.2) is 36.3 Å². The molecule has 5 nitrogen and oxygen atoms in total. The lowest BCUT2D eigenvalue weighted by molar-refractivity contribution is 0.122. The average Bonchev–Trinajstić information content (AvgIpc) is 2.18. The molecule has 0 radical (unpaired) electrons. The van der Waals surface area contributed by atoms with Crippen molar-refractivity contribution in [3.8, 4) is 0 Å². The maximum absolute atomic E-state index is 5.71. The second-order valence-electron chi connectivity index (χ2n) is 3.02. The van der Waals surface area contributed by atoms with Gasteiger partial charge in [0.1, 0.15) is 11.6 Å². The largest absolute Gasteiger partial charge is 0.383 e. The van der Waals surface area contributed by atoms with Crippen LogP contribution in [0.2, 0.25) is 5.28 Å². The number of hydrogen-bond acceptors (Lipinski definition) is 5. The highest BCUT2D eigenvalue weighted by molar-refractivity contribution is 6.28. The first-order valence-electron chi connectivity index (χ1n) is 4.38. The second kappa shape index (κ2) is 3.98. The molecule has 1 aliphatic rings. The molecular formula is C8H11ClN4O.